The van der Waals surface area contributed by atoms with Crippen LogP contribution in [0.2, 0.25) is 0 Å². The van der Waals surface area contributed by atoms with Crippen LogP contribution in [0.3, 0.4) is 0 Å². The van der Waals surface area contributed by atoms with Crippen LogP contribution < -0.4 is 4.74 Å². The average Bonchev–Trinajstić information content (AvgIpc) is 2.27. The third kappa shape index (κ3) is 3.96. The Bertz CT molecular complexity index is 314. The molecule has 0 saturated heterocycles. The largest absolute Gasteiger partial charge is 0.494 e. The van der Waals surface area contributed by atoms with Crippen LogP contribution in [0, 0.1) is 0 Å². The van der Waals surface area contributed by atoms with Gasteiger partial charge in [-0.25, -0.2) is 0 Å². The van der Waals surface area contributed by atoms with E-state index in [0.717, 1.165) is 12.2 Å². The Balaban J connectivity index is 2.70. The highest BCUT2D eigenvalue weighted by atomic mass is 35.5. The van der Waals surface area contributed by atoms with Crippen LogP contribution in [-0.2, 0) is 0 Å². The molecule has 0 N–H and O–H groups in total. The van der Waals surface area contributed by atoms with Gasteiger partial charge in [-0.2, -0.15) is 0 Å². The Morgan fingerprint density at radius 2 is 2.00 bits per heavy atom. The molecule has 0 bridgehead atoms. The van der Waals surface area contributed by atoms with E-state index in [1.165, 1.54) is 11.1 Å². The highest BCUT2D eigenvalue weighted by molar-refractivity contribution is 6.17. The van der Waals surface area contributed by atoms with E-state index in [9.17, 15) is 0 Å². The van der Waals surface area contributed by atoms with E-state index in [-0.39, 0.29) is 0 Å². The van der Waals surface area contributed by atoms with E-state index in [1.807, 2.05) is 19.1 Å². The molecule has 0 aliphatic rings. The second-order valence-corrected chi connectivity index (χ2v) is 3.70. The number of alkyl halides is 1. The Hall–Kier alpha value is -0.950. The summed E-state index contributed by atoms with van der Waals surface area (Å²) in [7, 11) is 0. The predicted molar refractivity (Wildman–Crippen MR) is 66.6 cm³/mol. The molecule has 0 radical (unpaired) electrons. The fourth-order valence-electron chi connectivity index (χ4n) is 1.37. The van der Waals surface area contributed by atoms with Gasteiger partial charge in [-0.15, -0.1) is 11.6 Å². The van der Waals surface area contributed by atoms with E-state index >= 15 is 0 Å². The molecule has 82 valence electrons. The van der Waals surface area contributed by atoms with Crippen molar-refractivity contribution in [3.63, 3.8) is 0 Å². The molecule has 0 aromatic heterocycles. The first-order valence-corrected chi connectivity index (χ1v) is 5.77. The van der Waals surface area contributed by atoms with E-state index < -0.39 is 0 Å². The van der Waals surface area contributed by atoms with Crippen LogP contribution >= 0.6 is 11.6 Å². The molecule has 0 saturated carbocycles. The smallest absolute Gasteiger partial charge is 0.119 e. The van der Waals surface area contributed by atoms with Crippen molar-refractivity contribution in [2.45, 2.75) is 20.3 Å². The minimum absolute atomic E-state index is 0.675. The standard InChI is InChI=1S/C13H17ClO/c1-3-15-13-8-6-12(7-9-13)11(2)5-4-10-14/h5-9H,3-4,10H2,1-2H3/b11-5+. The van der Waals surface area contributed by atoms with Gasteiger partial charge < -0.3 is 4.74 Å². The highest BCUT2D eigenvalue weighted by Gasteiger charge is 1.96. The van der Waals surface area contributed by atoms with Gasteiger partial charge in [0.2, 0.25) is 0 Å². The van der Waals surface area contributed by atoms with Gasteiger partial charge in [-0.3, -0.25) is 0 Å². The molecule has 1 nitrogen and oxygen atoms in total. The lowest BCUT2D eigenvalue weighted by Gasteiger charge is -2.05. The molecular formula is C13H17ClO. The topological polar surface area (TPSA) is 9.23 Å². The van der Waals surface area contributed by atoms with Gasteiger partial charge >= 0.3 is 0 Å². The number of halogens is 1. The quantitative estimate of drug-likeness (QED) is 0.684. The molecular weight excluding hydrogens is 208 g/mol. The molecule has 0 aliphatic heterocycles. The molecule has 0 spiro atoms. The molecule has 0 amide bonds. The molecule has 0 aliphatic carbocycles. The zero-order valence-corrected chi connectivity index (χ0v) is 10.1. The molecule has 15 heavy (non-hydrogen) atoms. The summed E-state index contributed by atoms with van der Waals surface area (Å²) in [5.74, 6) is 1.60. The van der Waals surface area contributed by atoms with Gasteiger partial charge in [-0.1, -0.05) is 18.2 Å². The first kappa shape index (κ1) is 12.1. The lowest BCUT2D eigenvalue weighted by Crippen LogP contribution is -1.91. The zero-order valence-electron chi connectivity index (χ0n) is 9.29. The van der Waals surface area contributed by atoms with E-state index in [1.54, 1.807) is 0 Å². The highest BCUT2D eigenvalue weighted by Crippen LogP contribution is 2.18. The third-order valence-corrected chi connectivity index (χ3v) is 2.40. The van der Waals surface area contributed by atoms with Crippen LogP contribution in [0.4, 0.5) is 0 Å². The Kier molecular flexibility index (Phi) is 5.27. The summed E-state index contributed by atoms with van der Waals surface area (Å²) >= 11 is 5.63. The van der Waals surface area contributed by atoms with Crippen molar-refractivity contribution >= 4 is 17.2 Å². The Morgan fingerprint density at radius 1 is 1.33 bits per heavy atom. The minimum Gasteiger partial charge on any atom is -0.494 e. The Morgan fingerprint density at radius 3 is 2.53 bits per heavy atom. The summed E-state index contributed by atoms with van der Waals surface area (Å²) in [6, 6.07) is 8.14. The third-order valence-electron chi connectivity index (χ3n) is 2.18. The molecule has 1 aromatic rings. The first-order chi connectivity index (χ1) is 7.27. The van der Waals surface area contributed by atoms with E-state index in [0.29, 0.717) is 12.5 Å². The van der Waals surface area contributed by atoms with Crippen molar-refractivity contribution in [1.29, 1.82) is 0 Å². The van der Waals surface area contributed by atoms with Gasteiger partial charge in [0.05, 0.1) is 6.61 Å². The van der Waals surface area contributed by atoms with Crippen molar-refractivity contribution in [2.24, 2.45) is 0 Å². The van der Waals surface area contributed by atoms with Crippen molar-refractivity contribution in [1.82, 2.24) is 0 Å². The maximum atomic E-state index is 5.63. The second kappa shape index (κ2) is 6.52. The van der Waals surface area contributed by atoms with Crippen molar-refractivity contribution < 1.29 is 4.74 Å². The summed E-state index contributed by atoms with van der Waals surface area (Å²) < 4.78 is 5.38. The van der Waals surface area contributed by atoms with Gasteiger partial charge in [0, 0.05) is 5.88 Å². The van der Waals surface area contributed by atoms with Gasteiger partial charge in [0.15, 0.2) is 0 Å². The molecule has 0 heterocycles. The molecule has 0 unspecified atom stereocenters. The first-order valence-electron chi connectivity index (χ1n) is 5.24. The second-order valence-electron chi connectivity index (χ2n) is 3.32. The van der Waals surface area contributed by atoms with Crippen LogP contribution in [-0.4, -0.2) is 12.5 Å². The van der Waals surface area contributed by atoms with Crippen molar-refractivity contribution in [3.05, 3.63) is 35.9 Å². The number of ether oxygens (including phenoxy) is 1. The SMILES string of the molecule is CCOc1ccc(/C(C)=C/CCCl)cc1. The molecule has 1 rings (SSSR count). The zero-order chi connectivity index (χ0) is 11.1. The van der Waals surface area contributed by atoms with Crippen LogP contribution in [0.5, 0.6) is 5.75 Å². The van der Waals surface area contributed by atoms with E-state index in [4.69, 9.17) is 16.3 Å². The monoisotopic (exact) mass is 224 g/mol. The summed E-state index contributed by atoms with van der Waals surface area (Å²) in [4.78, 5) is 0. The summed E-state index contributed by atoms with van der Waals surface area (Å²) in [5, 5.41) is 0. The van der Waals surface area contributed by atoms with E-state index in [2.05, 4.69) is 25.1 Å². The lowest BCUT2D eigenvalue weighted by molar-refractivity contribution is 0.340. The fourth-order valence-corrected chi connectivity index (χ4v) is 1.48. The summed E-state index contributed by atoms with van der Waals surface area (Å²) in [5.41, 5.74) is 2.49. The molecule has 0 atom stereocenters. The summed E-state index contributed by atoms with van der Waals surface area (Å²) in [6.07, 6.45) is 3.07. The maximum absolute atomic E-state index is 5.63. The molecule has 2 heteroatoms. The van der Waals surface area contributed by atoms with Crippen LogP contribution in [0.1, 0.15) is 25.8 Å². The fraction of sp³-hybridized carbons (Fsp3) is 0.385. The van der Waals surface area contributed by atoms with Crippen LogP contribution in [0.15, 0.2) is 30.3 Å². The lowest BCUT2D eigenvalue weighted by atomic mass is 10.1. The van der Waals surface area contributed by atoms with Gasteiger partial charge in [0.1, 0.15) is 5.75 Å². The molecule has 1 aromatic carbocycles. The average molecular weight is 225 g/mol. The number of allylic oxidation sites excluding steroid dienone is 2. The normalized spacial score (nSPS) is 11.5. The van der Waals surface area contributed by atoms with Crippen molar-refractivity contribution in [2.75, 3.05) is 12.5 Å². The van der Waals surface area contributed by atoms with Crippen LogP contribution in [0.25, 0.3) is 5.57 Å². The number of hydrogen-bond donors (Lipinski definition) is 0. The van der Waals surface area contributed by atoms with Gasteiger partial charge in [0.25, 0.3) is 0 Å². The summed E-state index contributed by atoms with van der Waals surface area (Å²) in [6.45, 7) is 4.79. The predicted octanol–water partition coefficient (Wildman–Crippen LogP) is 4.12. The van der Waals surface area contributed by atoms with Crippen molar-refractivity contribution in [3.8, 4) is 5.75 Å². The number of benzene rings is 1. The van der Waals surface area contributed by atoms with Gasteiger partial charge in [-0.05, 0) is 43.5 Å². The minimum atomic E-state index is 0.675. The number of hydrogen-bond acceptors (Lipinski definition) is 1. The number of rotatable bonds is 5. The molecule has 0 fully saturated rings. The maximum Gasteiger partial charge on any atom is 0.119 e. The Labute approximate surface area is 96.7 Å².